The highest BCUT2D eigenvalue weighted by molar-refractivity contribution is 5.85. The average Bonchev–Trinajstić information content (AvgIpc) is 2.83. The minimum atomic E-state index is -1.07. The van der Waals surface area contributed by atoms with Crippen molar-refractivity contribution in [1.82, 2.24) is 9.78 Å². The molecule has 2 N–H and O–H groups in total. The van der Waals surface area contributed by atoms with Crippen LogP contribution in [0, 0.1) is 13.8 Å². The van der Waals surface area contributed by atoms with E-state index in [9.17, 15) is 9.59 Å². The molecule has 0 unspecified atom stereocenters. The number of aromatic nitrogens is 2. The molecule has 0 bridgehead atoms. The van der Waals surface area contributed by atoms with E-state index >= 15 is 0 Å². The third-order valence-corrected chi connectivity index (χ3v) is 3.16. The fourth-order valence-electron chi connectivity index (χ4n) is 2.02. The van der Waals surface area contributed by atoms with Crippen LogP contribution < -0.4 is 5.73 Å². The summed E-state index contributed by atoms with van der Waals surface area (Å²) in [5.41, 5.74) is 8.23. The SMILES string of the molecule is Cc1cc(C)n(C[C@H](N)C(=O)OC(=O)OCc2ccccc2)n1. The van der Waals surface area contributed by atoms with E-state index < -0.39 is 18.2 Å². The largest absolute Gasteiger partial charge is 0.516 e. The lowest BCUT2D eigenvalue weighted by Gasteiger charge is -2.11. The van der Waals surface area contributed by atoms with Crippen LogP contribution in [0.2, 0.25) is 0 Å². The normalized spacial score (nSPS) is 11.8. The second kappa shape index (κ2) is 7.55. The molecule has 7 heteroatoms. The summed E-state index contributed by atoms with van der Waals surface area (Å²) in [7, 11) is 0. The highest BCUT2D eigenvalue weighted by Crippen LogP contribution is 2.05. The maximum Gasteiger partial charge on any atom is 0.516 e. The molecule has 1 aromatic heterocycles. The molecule has 23 heavy (non-hydrogen) atoms. The smallest absolute Gasteiger partial charge is 0.429 e. The summed E-state index contributed by atoms with van der Waals surface area (Å²) in [6.07, 6.45) is -1.07. The van der Waals surface area contributed by atoms with Crippen molar-refractivity contribution in [2.24, 2.45) is 5.73 Å². The average molecular weight is 317 g/mol. The lowest BCUT2D eigenvalue weighted by atomic mass is 10.2. The first-order valence-electron chi connectivity index (χ1n) is 7.14. The number of aryl methyl sites for hydroxylation is 2. The maximum absolute atomic E-state index is 11.8. The number of nitrogens with zero attached hydrogens (tertiary/aromatic N) is 2. The van der Waals surface area contributed by atoms with Crippen LogP contribution in [-0.2, 0) is 27.4 Å². The molecule has 0 saturated carbocycles. The molecule has 1 atom stereocenters. The Hall–Kier alpha value is -2.67. The fraction of sp³-hybridized carbons (Fsp3) is 0.312. The third-order valence-electron chi connectivity index (χ3n) is 3.16. The second-order valence-electron chi connectivity index (χ2n) is 5.16. The number of carbonyl (C=O) groups excluding carboxylic acids is 2. The summed E-state index contributed by atoms with van der Waals surface area (Å²) in [6, 6.07) is 9.94. The van der Waals surface area contributed by atoms with Gasteiger partial charge in [0.2, 0.25) is 0 Å². The summed E-state index contributed by atoms with van der Waals surface area (Å²) in [6.45, 7) is 3.85. The molecule has 0 spiro atoms. The van der Waals surface area contributed by atoms with Crippen LogP contribution in [0.15, 0.2) is 36.4 Å². The number of hydrogen-bond acceptors (Lipinski definition) is 6. The van der Waals surface area contributed by atoms with E-state index in [-0.39, 0.29) is 13.2 Å². The molecular weight excluding hydrogens is 298 g/mol. The van der Waals surface area contributed by atoms with Crippen LogP contribution in [0.1, 0.15) is 17.0 Å². The molecule has 0 fully saturated rings. The zero-order valence-electron chi connectivity index (χ0n) is 13.1. The van der Waals surface area contributed by atoms with Crippen molar-refractivity contribution in [3.05, 3.63) is 53.3 Å². The molecule has 2 aromatic rings. The molecular formula is C16H19N3O4. The summed E-state index contributed by atoms with van der Waals surface area (Å²) < 4.78 is 11.0. The summed E-state index contributed by atoms with van der Waals surface area (Å²) in [5, 5.41) is 4.20. The zero-order chi connectivity index (χ0) is 16.8. The van der Waals surface area contributed by atoms with Gasteiger partial charge in [0.15, 0.2) is 0 Å². The van der Waals surface area contributed by atoms with E-state index in [4.69, 9.17) is 10.5 Å². The van der Waals surface area contributed by atoms with E-state index in [0.29, 0.717) is 0 Å². The second-order valence-corrected chi connectivity index (χ2v) is 5.16. The molecule has 7 nitrogen and oxygen atoms in total. The van der Waals surface area contributed by atoms with Crippen LogP contribution in [0.3, 0.4) is 0 Å². The van der Waals surface area contributed by atoms with Gasteiger partial charge in [0, 0.05) is 5.69 Å². The summed E-state index contributed by atoms with van der Waals surface area (Å²) in [5.74, 6) is -0.851. The van der Waals surface area contributed by atoms with Crippen molar-refractivity contribution in [2.75, 3.05) is 0 Å². The minimum Gasteiger partial charge on any atom is -0.429 e. The van der Waals surface area contributed by atoms with Gasteiger partial charge in [0.05, 0.1) is 12.2 Å². The number of hydrogen-bond donors (Lipinski definition) is 1. The summed E-state index contributed by atoms with van der Waals surface area (Å²) >= 11 is 0. The van der Waals surface area contributed by atoms with Gasteiger partial charge in [-0.15, -0.1) is 0 Å². The lowest BCUT2D eigenvalue weighted by Crippen LogP contribution is -2.38. The number of benzene rings is 1. The van der Waals surface area contributed by atoms with E-state index in [0.717, 1.165) is 17.0 Å². The quantitative estimate of drug-likeness (QED) is 0.666. The topological polar surface area (TPSA) is 96.4 Å². The van der Waals surface area contributed by atoms with Crippen LogP contribution in [0.4, 0.5) is 4.79 Å². The van der Waals surface area contributed by atoms with Gasteiger partial charge in [0.1, 0.15) is 12.6 Å². The van der Waals surface area contributed by atoms with Gasteiger partial charge < -0.3 is 15.2 Å². The Kier molecular flexibility index (Phi) is 5.48. The monoisotopic (exact) mass is 317 g/mol. The lowest BCUT2D eigenvalue weighted by molar-refractivity contribution is -0.141. The van der Waals surface area contributed by atoms with Gasteiger partial charge in [-0.25, -0.2) is 9.59 Å². The number of ether oxygens (including phenoxy) is 2. The molecule has 0 amide bonds. The van der Waals surface area contributed by atoms with Crippen molar-refractivity contribution < 1.29 is 19.1 Å². The Bertz CT molecular complexity index is 682. The molecule has 0 aliphatic heterocycles. The van der Waals surface area contributed by atoms with Crippen LogP contribution in [0.25, 0.3) is 0 Å². The van der Waals surface area contributed by atoms with Crippen molar-refractivity contribution in [1.29, 1.82) is 0 Å². The van der Waals surface area contributed by atoms with E-state index in [2.05, 4.69) is 9.84 Å². The summed E-state index contributed by atoms with van der Waals surface area (Å²) in [4.78, 5) is 23.3. The third kappa shape index (κ3) is 4.93. The highest BCUT2D eigenvalue weighted by atomic mass is 16.7. The Balaban J connectivity index is 1.81. The minimum absolute atomic E-state index is 0.0274. The number of carbonyl (C=O) groups is 2. The first-order chi connectivity index (χ1) is 11.0. The van der Waals surface area contributed by atoms with Crippen molar-refractivity contribution >= 4 is 12.1 Å². The van der Waals surface area contributed by atoms with Gasteiger partial charge in [-0.2, -0.15) is 5.10 Å². The molecule has 1 aromatic carbocycles. The molecule has 0 saturated heterocycles. The molecule has 122 valence electrons. The first-order valence-corrected chi connectivity index (χ1v) is 7.14. The molecule has 0 radical (unpaired) electrons. The number of nitrogens with two attached hydrogens (primary N) is 1. The maximum atomic E-state index is 11.8. The Labute approximate surface area is 134 Å². The van der Waals surface area contributed by atoms with Crippen LogP contribution in [0.5, 0.6) is 0 Å². The van der Waals surface area contributed by atoms with Crippen LogP contribution in [-0.4, -0.2) is 27.9 Å². The predicted octanol–water partition coefficient (Wildman–Crippen LogP) is 1.71. The Morgan fingerprint density at radius 3 is 2.57 bits per heavy atom. The molecule has 2 rings (SSSR count). The predicted molar refractivity (Wildman–Crippen MR) is 82.4 cm³/mol. The van der Waals surface area contributed by atoms with E-state index in [1.54, 1.807) is 16.8 Å². The van der Waals surface area contributed by atoms with Crippen molar-refractivity contribution in [3.8, 4) is 0 Å². The Morgan fingerprint density at radius 1 is 1.26 bits per heavy atom. The van der Waals surface area contributed by atoms with Gasteiger partial charge in [-0.05, 0) is 25.5 Å². The van der Waals surface area contributed by atoms with Crippen molar-refractivity contribution in [3.63, 3.8) is 0 Å². The van der Waals surface area contributed by atoms with Crippen LogP contribution >= 0.6 is 0 Å². The van der Waals surface area contributed by atoms with Gasteiger partial charge in [-0.1, -0.05) is 30.3 Å². The number of esters is 1. The van der Waals surface area contributed by atoms with Gasteiger partial charge in [-0.3, -0.25) is 4.68 Å². The van der Waals surface area contributed by atoms with E-state index in [1.165, 1.54) is 0 Å². The first kappa shape index (κ1) is 16.7. The zero-order valence-corrected chi connectivity index (χ0v) is 13.1. The van der Waals surface area contributed by atoms with Gasteiger partial charge in [0.25, 0.3) is 0 Å². The van der Waals surface area contributed by atoms with Gasteiger partial charge >= 0.3 is 12.1 Å². The van der Waals surface area contributed by atoms with E-state index in [1.807, 2.05) is 38.1 Å². The Morgan fingerprint density at radius 2 is 1.96 bits per heavy atom. The number of rotatable bonds is 5. The van der Waals surface area contributed by atoms with Crippen molar-refractivity contribution in [2.45, 2.75) is 33.0 Å². The molecule has 1 heterocycles. The highest BCUT2D eigenvalue weighted by Gasteiger charge is 2.21. The fourth-order valence-corrected chi connectivity index (χ4v) is 2.02. The standard InChI is InChI=1S/C16H19N3O4/c1-11-8-12(2)19(18-11)9-14(17)15(20)23-16(21)22-10-13-6-4-3-5-7-13/h3-8,14H,9-10,17H2,1-2H3/t14-/m0/s1. The molecule has 0 aliphatic carbocycles. The molecule has 0 aliphatic rings.